The average molecular weight is 363 g/mol. The number of halogens is 1. The first kappa shape index (κ1) is 16.8. The summed E-state index contributed by atoms with van der Waals surface area (Å²) in [6, 6.07) is 15.1. The smallest absolute Gasteiger partial charge is 0.229 e. The van der Waals surface area contributed by atoms with Gasteiger partial charge in [-0.1, -0.05) is 6.07 Å². The van der Waals surface area contributed by atoms with E-state index in [0.717, 1.165) is 34.2 Å². The van der Waals surface area contributed by atoms with Gasteiger partial charge in [0.15, 0.2) is 11.6 Å². The molecule has 2 aromatic carbocycles. The van der Waals surface area contributed by atoms with E-state index in [1.807, 2.05) is 55.5 Å². The molecule has 0 radical (unpaired) electrons. The minimum Gasteiger partial charge on any atom is -0.497 e. The molecule has 0 spiro atoms. The second-order valence-electron chi connectivity index (χ2n) is 6.13. The second-order valence-corrected chi connectivity index (χ2v) is 6.13. The Labute approximate surface area is 155 Å². The molecule has 0 fully saturated rings. The third kappa shape index (κ3) is 3.67. The Balaban J connectivity index is 1.59. The van der Waals surface area contributed by atoms with Gasteiger partial charge in [0.2, 0.25) is 5.95 Å². The van der Waals surface area contributed by atoms with Gasteiger partial charge in [-0.25, -0.2) is 9.37 Å². The van der Waals surface area contributed by atoms with Crippen molar-refractivity contribution in [2.75, 3.05) is 17.7 Å². The van der Waals surface area contributed by atoms with Crippen LogP contribution in [0.4, 0.5) is 27.5 Å². The van der Waals surface area contributed by atoms with E-state index in [0.29, 0.717) is 5.75 Å². The van der Waals surface area contributed by atoms with E-state index in [9.17, 15) is 4.39 Å². The van der Waals surface area contributed by atoms with Crippen LogP contribution in [-0.4, -0.2) is 22.1 Å². The van der Waals surface area contributed by atoms with Crippen molar-refractivity contribution in [2.45, 2.75) is 6.92 Å². The Hall–Kier alpha value is -3.61. The zero-order chi connectivity index (χ0) is 18.8. The summed E-state index contributed by atoms with van der Waals surface area (Å²) in [4.78, 5) is 11.5. The lowest BCUT2D eigenvalue weighted by Crippen LogP contribution is -2.03. The van der Waals surface area contributed by atoms with Crippen LogP contribution in [0, 0.1) is 12.7 Å². The third-order valence-corrected chi connectivity index (χ3v) is 4.09. The number of hydrogen-bond acceptors (Lipinski definition) is 5. The summed E-state index contributed by atoms with van der Waals surface area (Å²) >= 11 is 0. The molecule has 0 saturated carbocycles. The van der Waals surface area contributed by atoms with E-state index >= 15 is 0 Å². The quantitative estimate of drug-likeness (QED) is 0.470. The molecule has 0 amide bonds. The Morgan fingerprint density at radius 3 is 2.74 bits per heavy atom. The minimum atomic E-state index is -0.531. The molecule has 3 N–H and O–H groups in total. The molecule has 2 heterocycles. The molecule has 0 aliphatic heterocycles. The fourth-order valence-corrected chi connectivity index (χ4v) is 2.84. The average Bonchev–Trinajstić information content (AvgIpc) is 3.04. The molecule has 0 atom stereocenters. The number of aromatic nitrogens is 3. The first-order valence-electron chi connectivity index (χ1n) is 8.41. The van der Waals surface area contributed by atoms with Crippen molar-refractivity contribution >= 4 is 34.0 Å². The molecular formula is C20H18FN5O. The number of methoxy groups -OCH3 is 1. The normalized spacial score (nSPS) is 10.8. The Bertz CT molecular complexity index is 1110. The lowest BCUT2D eigenvalue weighted by atomic mass is 10.2. The van der Waals surface area contributed by atoms with E-state index in [1.165, 1.54) is 0 Å². The zero-order valence-corrected chi connectivity index (χ0v) is 14.9. The lowest BCUT2D eigenvalue weighted by Gasteiger charge is -2.10. The molecule has 4 aromatic rings. The maximum Gasteiger partial charge on any atom is 0.229 e. The molecule has 6 nitrogen and oxygen atoms in total. The van der Waals surface area contributed by atoms with Crippen LogP contribution in [0.25, 0.3) is 10.9 Å². The van der Waals surface area contributed by atoms with Gasteiger partial charge in [-0.05, 0) is 43.3 Å². The first-order chi connectivity index (χ1) is 13.1. The van der Waals surface area contributed by atoms with Gasteiger partial charge >= 0.3 is 0 Å². The lowest BCUT2D eigenvalue weighted by molar-refractivity contribution is 0.415. The third-order valence-electron chi connectivity index (χ3n) is 4.09. The fourth-order valence-electron chi connectivity index (χ4n) is 2.84. The summed E-state index contributed by atoms with van der Waals surface area (Å²) in [5.41, 5.74) is 3.59. The van der Waals surface area contributed by atoms with Crippen molar-refractivity contribution in [3.05, 3.63) is 66.2 Å². The van der Waals surface area contributed by atoms with Gasteiger partial charge < -0.3 is 20.4 Å². The van der Waals surface area contributed by atoms with Crippen LogP contribution in [0.5, 0.6) is 5.75 Å². The number of rotatable bonds is 5. The van der Waals surface area contributed by atoms with Crippen molar-refractivity contribution < 1.29 is 9.13 Å². The summed E-state index contributed by atoms with van der Waals surface area (Å²) in [5, 5.41) is 7.11. The molecule has 0 aliphatic carbocycles. The van der Waals surface area contributed by atoms with Gasteiger partial charge in [-0.15, -0.1) is 0 Å². The monoisotopic (exact) mass is 363 g/mol. The van der Waals surface area contributed by atoms with Crippen molar-refractivity contribution in [3.63, 3.8) is 0 Å². The van der Waals surface area contributed by atoms with Crippen LogP contribution in [0.3, 0.4) is 0 Å². The van der Waals surface area contributed by atoms with E-state index < -0.39 is 5.82 Å². The maximum atomic E-state index is 14.2. The van der Waals surface area contributed by atoms with Crippen molar-refractivity contribution in [1.29, 1.82) is 0 Å². The van der Waals surface area contributed by atoms with Crippen LogP contribution >= 0.6 is 0 Å². The molecule has 0 bridgehead atoms. The molecule has 0 unspecified atom stereocenters. The molecule has 4 rings (SSSR count). The van der Waals surface area contributed by atoms with E-state index in [1.54, 1.807) is 7.11 Å². The second kappa shape index (κ2) is 6.95. The van der Waals surface area contributed by atoms with Gasteiger partial charge in [-0.3, -0.25) is 0 Å². The number of benzene rings is 2. The van der Waals surface area contributed by atoms with Crippen molar-refractivity contribution in [2.24, 2.45) is 0 Å². The highest BCUT2D eigenvalue weighted by molar-refractivity contribution is 5.84. The van der Waals surface area contributed by atoms with Crippen molar-refractivity contribution in [1.82, 2.24) is 15.0 Å². The summed E-state index contributed by atoms with van der Waals surface area (Å²) < 4.78 is 19.4. The molecule has 0 saturated heterocycles. The molecule has 0 aliphatic rings. The molecule has 136 valence electrons. The highest BCUT2D eigenvalue weighted by Gasteiger charge is 2.09. The predicted octanol–water partition coefficient (Wildman–Crippen LogP) is 4.90. The minimum absolute atomic E-state index is 0.0991. The zero-order valence-electron chi connectivity index (χ0n) is 14.9. The Morgan fingerprint density at radius 1 is 1.04 bits per heavy atom. The van der Waals surface area contributed by atoms with Gasteiger partial charge in [0.25, 0.3) is 0 Å². The summed E-state index contributed by atoms with van der Waals surface area (Å²) in [6.45, 7) is 1.99. The van der Waals surface area contributed by atoms with Crippen LogP contribution in [0.1, 0.15) is 5.69 Å². The van der Waals surface area contributed by atoms with Gasteiger partial charge in [-0.2, -0.15) is 4.98 Å². The highest BCUT2D eigenvalue weighted by Crippen LogP contribution is 2.25. The fraction of sp³-hybridized carbons (Fsp3) is 0.100. The number of ether oxygens (including phenoxy) is 1. The number of H-pyrrole nitrogens is 1. The Kier molecular flexibility index (Phi) is 4.33. The van der Waals surface area contributed by atoms with E-state index in [2.05, 4.69) is 25.6 Å². The number of aryl methyl sites for hydroxylation is 1. The molecule has 7 heteroatoms. The van der Waals surface area contributed by atoms with Crippen LogP contribution in [-0.2, 0) is 0 Å². The summed E-state index contributed by atoms with van der Waals surface area (Å²) in [5.74, 6) is 0.555. The largest absolute Gasteiger partial charge is 0.497 e. The topological polar surface area (TPSA) is 74.9 Å². The predicted molar refractivity (Wildman–Crippen MR) is 105 cm³/mol. The summed E-state index contributed by atoms with van der Waals surface area (Å²) in [7, 11) is 1.60. The SMILES string of the molecule is COc1cccc(Nc2ncc(F)c(Nc3ccc4[nH]c(C)cc4c3)n2)c1. The van der Waals surface area contributed by atoms with Gasteiger partial charge in [0.05, 0.1) is 13.3 Å². The number of fused-ring (bicyclic) bond motifs is 1. The van der Waals surface area contributed by atoms with Crippen LogP contribution in [0.15, 0.2) is 54.7 Å². The first-order valence-corrected chi connectivity index (χ1v) is 8.41. The molecular weight excluding hydrogens is 345 g/mol. The molecule has 2 aromatic heterocycles. The number of anilines is 4. The number of nitrogens with one attached hydrogen (secondary N) is 3. The number of aromatic amines is 1. The van der Waals surface area contributed by atoms with Crippen LogP contribution < -0.4 is 15.4 Å². The number of nitrogens with zero attached hydrogens (tertiary/aromatic N) is 2. The van der Waals surface area contributed by atoms with Crippen molar-refractivity contribution in [3.8, 4) is 5.75 Å². The van der Waals surface area contributed by atoms with E-state index in [4.69, 9.17) is 4.74 Å². The number of hydrogen-bond donors (Lipinski definition) is 3. The Morgan fingerprint density at radius 2 is 1.89 bits per heavy atom. The highest BCUT2D eigenvalue weighted by atomic mass is 19.1. The van der Waals surface area contributed by atoms with Crippen LogP contribution in [0.2, 0.25) is 0 Å². The van der Waals surface area contributed by atoms with E-state index in [-0.39, 0.29) is 11.8 Å². The molecule has 27 heavy (non-hydrogen) atoms. The van der Waals surface area contributed by atoms with Gasteiger partial charge in [0.1, 0.15) is 5.75 Å². The summed E-state index contributed by atoms with van der Waals surface area (Å²) in [6.07, 6.45) is 1.14. The van der Waals surface area contributed by atoms with Gasteiger partial charge in [0, 0.05) is 34.0 Å². The standard InChI is InChI=1S/C20H18FN5O/c1-12-8-13-9-15(6-7-18(13)23-12)24-19-17(21)11-22-20(26-19)25-14-4-3-5-16(10-14)27-2/h3-11,23H,1-2H3,(H2,22,24,25,26). The maximum absolute atomic E-state index is 14.2.